The number of carbonyl (C=O) groups excluding carboxylic acids is 1. The number of hydrogen-bond donors (Lipinski definition) is 1. The molecule has 0 fully saturated rings. The second kappa shape index (κ2) is 6.99. The van der Waals surface area contributed by atoms with Gasteiger partial charge in [-0.2, -0.15) is 5.10 Å². The monoisotopic (exact) mass is 389 g/mol. The summed E-state index contributed by atoms with van der Waals surface area (Å²) < 4.78 is 39.8. The van der Waals surface area contributed by atoms with Crippen LogP contribution in [-0.4, -0.2) is 43.8 Å². The van der Waals surface area contributed by atoms with Crippen molar-refractivity contribution < 1.29 is 17.6 Å². The van der Waals surface area contributed by atoms with Gasteiger partial charge in [0.15, 0.2) is 0 Å². The maximum absolute atomic E-state index is 13.3. The Balaban J connectivity index is 2.24. The molecule has 0 bridgehead atoms. The molecule has 0 spiro atoms. The summed E-state index contributed by atoms with van der Waals surface area (Å²) in [6.07, 6.45) is 2.61. The topological polar surface area (TPSA) is 83.8 Å². The van der Waals surface area contributed by atoms with E-state index < -0.39 is 15.8 Å². The summed E-state index contributed by atoms with van der Waals surface area (Å²) in [5.41, 5.74) is 2.00. The second-order valence-corrected chi connectivity index (χ2v) is 7.78. The minimum absolute atomic E-state index is 0.231. The highest BCUT2D eigenvalue weighted by atomic mass is 32.2. The lowest BCUT2D eigenvalue weighted by molar-refractivity contribution is 0.0965. The molecule has 0 atom stereocenters. The minimum atomic E-state index is -3.48. The lowest BCUT2D eigenvalue weighted by atomic mass is 10.1. The van der Waals surface area contributed by atoms with Crippen molar-refractivity contribution in [3.05, 3.63) is 54.0 Å². The van der Waals surface area contributed by atoms with E-state index in [0.29, 0.717) is 28.0 Å². The van der Waals surface area contributed by atoms with E-state index in [9.17, 15) is 17.6 Å². The smallest absolute Gasteiger partial charge is 0.255 e. The van der Waals surface area contributed by atoms with Crippen LogP contribution in [0.3, 0.4) is 0 Å². The molecule has 3 aromatic rings. The Morgan fingerprint density at radius 1 is 1.33 bits per heavy atom. The molecule has 2 heterocycles. The number of amides is 1. The van der Waals surface area contributed by atoms with Crippen LogP contribution < -0.4 is 9.62 Å². The largest absolute Gasteiger partial charge is 0.355 e. The van der Waals surface area contributed by atoms with Crippen LogP contribution in [0.15, 0.2) is 36.5 Å². The summed E-state index contributed by atoms with van der Waals surface area (Å²) in [4.78, 5) is 12.4. The molecule has 0 saturated carbocycles. The van der Waals surface area contributed by atoms with Crippen molar-refractivity contribution in [1.82, 2.24) is 14.9 Å². The molecule has 1 radical (unpaired) electrons. The highest BCUT2D eigenvalue weighted by Gasteiger charge is 2.22. The van der Waals surface area contributed by atoms with Gasteiger partial charge in [0, 0.05) is 25.2 Å². The maximum Gasteiger partial charge on any atom is 0.255 e. The molecular weight excluding hydrogens is 371 g/mol. The van der Waals surface area contributed by atoms with Crippen LogP contribution in [0, 0.1) is 11.9 Å². The molecule has 3 rings (SSSR count). The number of benzene rings is 1. The van der Waals surface area contributed by atoms with Gasteiger partial charge in [0.05, 0.1) is 29.2 Å². The number of nitrogens with zero attached hydrogens (tertiary/aromatic N) is 3. The van der Waals surface area contributed by atoms with Gasteiger partial charge in [0.25, 0.3) is 5.91 Å². The standard InChI is InChI=1S/C18H18FN4O3S/c1-4-23(27(3,25)26)14-9-10-15-16(18(24)20-2)17(21-22(15)11-14)12-5-7-13(19)8-6-12/h5-8,10-11H,4H2,1-3H3,(H,20,24). The Morgan fingerprint density at radius 3 is 2.56 bits per heavy atom. The molecule has 0 aliphatic rings. The first-order valence-electron chi connectivity index (χ1n) is 8.16. The predicted octanol–water partition coefficient (Wildman–Crippen LogP) is 2.09. The first-order valence-corrected chi connectivity index (χ1v) is 10.0. The summed E-state index contributed by atoms with van der Waals surface area (Å²) in [7, 11) is -1.98. The highest BCUT2D eigenvalue weighted by molar-refractivity contribution is 7.92. The molecule has 0 saturated heterocycles. The second-order valence-electron chi connectivity index (χ2n) is 5.87. The molecular formula is C18H18FN4O3S. The summed E-state index contributed by atoms with van der Waals surface area (Å²) >= 11 is 0. The SMILES string of the molecule is CCN(c1[c]cc2c(C(=O)NC)c(-c3ccc(F)cc3)nn2c1)S(C)(=O)=O. The van der Waals surface area contributed by atoms with E-state index in [1.807, 2.05) is 0 Å². The third-order valence-corrected chi connectivity index (χ3v) is 5.33. The Labute approximate surface area is 156 Å². The summed E-state index contributed by atoms with van der Waals surface area (Å²) in [5, 5.41) is 7.00. The number of halogens is 1. The Hall–Kier alpha value is -2.94. The molecule has 0 aliphatic carbocycles. The van der Waals surface area contributed by atoms with Gasteiger partial charge in [-0.05, 0) is 37.3 Å². The molecule has 0 aliphatic heterocycles. The Kier molecular flexibility index (Phi) is 4.88. The van der Waals surface area contributed by atoms with E-state index in [0.717, 1.165) is 6.26 Å². The predicted molar refractivity (Wildman–Crippen MR) is 101 cm³/mol. The maximum atomic E-state index is 13.3. The summed E-state index contributed by atoms with van der Waals surface area (Å²) in [5.74, 6) is -0.757. The number of anilines is 1. The zero-order valence-corrected chi connectivity index (χ0v) is 15.8. The molecule has 1 amide bonds. The van der Waals surface area contributed by atoms with Gasteiger partial charge in [-0.15, -0.1) is 0 Å². The number of rotatable bonds is 5. The molecule has 1 aromatic carbocycles. The average Bonchev–Trinajstić information content (AvgIpc) is 2.99. The summed E-state index contributed by atoms with van der Waals surface area (Å²) in [6.45, 7) is 1.94. The van der Waals surface area contributed by atoms with Crippen LogP contribution >= 0.6 is 0 Å². The molecule has 27 heavy (non-hydrogen) atoms. The van der Waals surface area contributed by atoms with Gasteiger partial charge >= 0.3 is 0 Å². The average molecular weight is 389 g/mol. The zero-order chi connectivity index (χ0) is 19.8. The first kappa shape index (κ1) is 18.8. The van der Waals surface area contributed by atoms with E-state index in [4.69, 9.17) is 0 Å². The van der Waals surface area contributed by atoms with Gasteiger partial charge < -0.3 is 5.32 Å². The molecule has 7 nitrogen and oxygen atoms in total. The lowest BCUT2D eigenvalue weighted by Gasteiger charge is -2.19. The number of nitrogens with one attached hydrogen (secondary N) is 1. The van der Waals surface area contributed by atoms with Crippen molar-refractivity contribution >= 4 is 27.1 Å². The lowest BCUT2D eigenvalue weighted by Crippen LogP contribution is -2.29. The zero-order valence-electron chi connectivity index (χ0n) is 15.0. The quantitative estimate of drug-likeness (QED) is 0.724. The number of fused-ring (bicyclic) bond motifs is 1. The van der Waals surface area contributed by atoms with Gasteiger partial charge in [0.1, 0.15) is 11.5 Å². The fraction of sp³-hybridized carbons (Fsp3) is 0.222. The fourth-order valence-electron chi connectivity index (χ4n) is 2.86. The number of sulfonamides is 1. The van der Waals surface area contributed by atoms with Crippen LogP contribution in [0.2, 0.25) is 0 Å². The molecule has 9 heteroatoms. The van der Waals surface area contributed by atoms with E-state index in [1.165, 1.54) is 52.4 Å². The van der Waals surface area contributed by atoms with Crippen LogP contribution in [0.5, 0.6) is 0 Å². The van der Waals surface area contributed by atoms with Crippen LogP contribution in [0.1, 0.15) is 17.3 Å². The summed E-state index contributed by atoms with van der Waals surface area (Å²) in [6, 6.07) is 10.1. The molecule has 0 unspecified atom stereocenters. The van der Waals surface area contributed by atoms with Gasteiger partial charge in [0.2, 0.25) is 10.0 Å². The van der Waals surface area contributed by atoms with Crippen molar-refractivity contribution in [3.8, 4) is 11.3 Å². The third-order valence-electron chi connectivity index (χ3n) is 4.08. The molecule has 2 aromatic heterocycles. The van der Waals surface area contributed by atoms with Crippen LogP contribution in [0.25, 0.3) is 16.8 Å². The highest BCUT2D eigenvalue weighted by Crippen LogP contribution is 2.28. The molecule has 1 N–H and O–H groups in total. The number of pyridine rings is 1. The van der Waals surface area contributed by atoms with Crippen molar-refractivity contribution in [2.45, 2.75) is 6.92 Å². The van der Waals surface area contributed by atoms with Crippen molar-refractivity contribution in [2.24, 2.45) is 0 Å². The van der Waals surface area contributed by atoms with E-state index in [-0.39, 0.29) is 12.5 Å². The first-order chi connectivity index (χ1) is 12.8. The Bertz CT molecular complexity index is 1110. The number of carbonyl (C=O) groups is 1. The minimum Gasteiger partial charge on any atom is -0.355 e. The fourth-order valence-corrected chi connectivity index (χ4v) is 3.78. The van der Waals surface area contributed by atoms with E-state index >= 15 is 0 Å². The van der Waals surface area contributed by atoms with Crippen molar-refractivity contribution in [1.29, 1.82) is 0 Å². The normalized spacial score (nSPS) is 11.6. The van der Waals surface area contributed by atoms with Crippen LogP contribution in [0.4, 0.5) is 10.1 Å². The van der Waals surface area contributed by atoms with Crippen LogP contribution in [-0.2, 0) is 10.0 Å². The van der Waals surface area contributed by atoms with Gasteiger partial charge in [-0.3, -0.25) is 9.10 Å². The van der Waals surface area contributed by atoms with Gasteiger partial charge in [-0.1, -0.05) is 0 Å². The number of hydrogen-bond acceptors (Lipinski definition) is 4. The van der Waals surface area contributed by atoms with Gasteiger partial charge in [-0.25, -0.2) is 17.3 Å². The Morgan fingerprint density at radius 2 is 2.00 bits per heavy atom. The van der Waals surface area contributed by atoms with Crippen molar-refractivity contribution in [2.75, 3.05) is 24.2 Å². The third kappa shape index (κ3) is 3.50. The van der Waals surface area contributed by atoms with E-state index in [1.54, 1.807) is 6.92 Å². The van der Waals surface area contributed by atoms with E-state index in [2.05, 4.69) is 16.5 Å². The van der Waals surface area contributed by atoms with Crippen molar-refractivity contribution in [3.63, 3.8) is 0 Å². The molecule has 141 valence electrons. The number of aromatic nitrogens is 2.